The number of carbonyl (C=O) groups is 2. The highest BCUT2D eigenvalue weighted by Gasteiger charge is 2.11. The molecule has 0 bridgehead atoms. The molecule has 2 rings (SSSR count). The van der Waals surface area contributed by atoms with Gasteiger partial charge in [0.1, 0.15) is 5.75 Å². The number of hydrazine groups is 1. The van der Waals surface area contributed by atoms with Crippen LogP contribution in [0.2, 0.25) is 5.02 Å². The van der Waals surface area contributed by atoms with Crippen LogP contribution in [0.3, 0.4) is 0 Å². The predicted molar refractivity (Wildman–Crippen MR) is 119 cm³/mol. The van der Waals surface area contributed by atoms with Gasteiger partial charge < -0.3 is 10.1 Å². The van der Waals surface area contributed by atoms with Crippen LogP contribution in [-0.4, -0.2) is 23.5 Å². The summed E-state index contributed by atoms with van der Waals surface area (Å²) in [7, 11) is 0. The van der Waals surface area contributed by atoms with Gasteiger partial charge in [-0.25, -0.2) is 0 Å². The Balaban J connectivity index is 1.74. The Morgan fingerprint density at radius 1 is 1.11 bits per heavy atom. The predicted octanol–water partition coefficient (Wildman–Crippen LogP) is 3.82. The molecule has 0 saturated carbocycles. The van der Waals surface area contributed by atoms with Crippen LogP contribution >= 0.6 is 55.7 Å². The van der Waals surface area contributed by atoms with E-state index >= 15 is 0 Å². The fourth-order valence-electron chi connectivity index (χ4n) is 2.16. The number of thiocarbonyl (C=S) groups is 1. The molecule has 10 heteroatoms. The minimum atomic E-state index is -0.455. The Morgan fingerprint density at radius 3 is 2.43 bits per heavy atom. The van der Waals surface area contributed by atoms with Crippen LogP contribution in [0.25, 0.3) is 0 Å². The maximum Gasteiger partial charge on any atom is 0.276 e. The van der Waals surface area contributed by atoms with E-state index in [2.05, 4.69) is 48.0 Å². The third-order valence-electron chi connectivity index (χ3n) is 3.39. The van der Waals surface area contributed by atoms with E-state index < -0.39 is 5.91 Å². The molecular weight excluding hydrogens is 534 g/mol. The second-order valence-electron chi connectivity index (χ2n) is 5.68. The molecule has 0 radical (unpaired) electrons. The molecule has 3 N–H and O–H groups in total. The van der Waals surface area contributed by atoms with Crippen LogP contribution < -0.4 is 20.9 Å². The summed E-state index contributed by atoms with van der Waals surface area (Å²) in [4.78, 5) is 23.9. The molecule has 0 saturated heterocycles. The normalized spacial score (nSPS) is 10.1. The Kier molecular flexibility index (Phi) is 8.68. The standard InChI is InChI=1S/C18H16Br2ClN3O3S/c1-10-6-12(19)8-14(20)17(10)27-9-16(26)23-24-18(28)22-15(25)7-11-2-4-13(21)5-3-11/h2-6,8H,7,9H2,1H3,(H,23,26)(H2,22,24,25,28). The minimum Gasteiger partial charge on any atom is -0.482 e. The number of aryl methyl sites for hydroxylation is 1. The van der Waals surface area contributed by atoms with Gasteiger partial charge in [-0.15, -0.1) is 0 Å². The number of carbonyl (C=O) groups excluding carboxylic acids is 2. The molecule has 0 aliphatic carbocycles. The van der Waals surface area contributed by atoms with Crippen molar-refractivity contribution in [1.82, 2.24) is 16.2 Å². The van der Waals surface area contributed by atoms with E-state index in [4.69, 9.17) is 28.6 Å². The molecule has 2 aromatic rings. The molecule has 0 atom stereocenters. The maximum atomic E-state index is 11.9. The number of nitrogens with one attached hydrogen (secondary N) is 3. The van der Waals surface area contributed by atoms with Gasteiger partial charge in [0.15, 0.2) is 11.7 Å². The Bertz CT molecular complexity index is 871. The molecule has 0 unspecified atom stereocenters. The Morgan fingerprint density at radius 2 is 1.79 bits per heavy atom. The van der Waals surface area contributed by atoms with Crippen molar-refractivity contribution in [3.8, 4) is 5.75 Å². The number of amides is 2. The molecule has 2 amide bonds. The molecule has 2 aromatic carbocycles. The minimum absolute atomic E-state index is 0.0201. The van der Waals surface area contributed by atoms with Crippen molar-refractivity contribution in [2.24, 2.45) is 0 Å². The summed E-state index contributed by atoms with van der Waals surface area (Å²) in [6.45, 7) is 1.64. The van der Waals surface area contributed by atoms with Gasteiger partial charge in [0.05, 0.1) is 10.9 Å². The van der Waals surface area contributed by atoms with Crippen molar-refractivity contribution in [2.75, 3.05) is 6.61 Å². The lowest BCUT2D eigenvalue weighted by Gasteiger charge is -2.13. The van der Waals surface area contributed by atoms with Crippen molar-refractivity contribution < 1.29 is 14.3 Å². The number of rotatable bonds is 5. The third-order valence-corrected chi connectivity index (χ3v) is 4.89. The number of halogens is 3. The van der Waals surface area contributed by atoms with E-state index in [-0.39, 0.29) is 24.0 Å². The lowest BCUT2D eigenvalue weighted by Crippen LogP contribution is -2.50. The fourth-order valence-corrected chi connectivity index (χ4v) is 4.01. The zero-order chi connectivity index (χ0) is 20.7. The Labute approximate surface area is 189 Å². The molecule has 0 aliphatic rings. The molecule has 0 aliphatic heterocycles. The Hall–Kier alpha value is -1.68. The maximum absolute atomic E-state index is 11.9. The number of hydrogen-bond acceptors (Lipinski definition) is 4. The number of benzene rings is 2. The van der Waals surface area contributed by atoms with E-state index in [0.717, 1.165) is 20.1 Å². The van der Waals surface area contributed by atoms with Crippen LogP contribution in [0.1, 0.15) is 11.1 Å². The molecule has 0 aromatic heterocycles. The van der Waals surface area contributed by atoms with E-state index in [1.807, 2.05) is 19.1 Å². The highest BCUT2D eigenvalue weighted by molar-refractivity contribution is 9.11. The van der Waals surface area contributed by atoms with Crippen molar-refractivity contribution in [1.29, 1.82) is 0 Å². The molecule has 0 spiro atoms. The lowest BCUT2D eigenvalue weighted by atomic mass is 10.1. The summed E-state index contributed by atoms with van der Waals surface area (Å²) in [6.07, 6.45) is 0.132. The van der Waals surface area contributed by atoms with Crippen LogP contribution in [0, 0.1) is 6.92 Å². The second-order valence-corrected chi connectivity index (χ2v) is 8.29. The van der Waals surface area contributed by atoms with E-state index in [9.17, 15) is 9.59 Å². The first-order chi connectivity index (χ1) is 13.2. The topological polar surface area (TPSA) is 79.5 Å². The monoisotopic (exact) mass is 547 g/mol. The SMILES string of the molecule is Cc1cc(Br)cc(Br)c1OCC(=O)NNC(=S)NC(=O)Cc1ccc(Cl)cc1. The van der Waals surface area contributed by atoms with Crippen LogP contribution in [0.15, 0.2) is 45.3 Å². The first kappa shape index (κ1) is 22.6. The van der Waals surface area contributed by atoms with Crippen molar-refractivity contribution in [3.05, 3.63) is 61.5 Å². The van der Waals surface area contributed by atoms with Gasteiger partial charge in [-0.05, 0) is 70.5 Å². The van der Waals surface area contributed by atoms with Crippen LogP contribution in [0.5, 0.6) is 5.75 Å². The van der Waals surface area contributed by atoms with Crippen LogP contribution in [0.4, 0.5) is 0 Å². The fraction of sp³-hybridized carbons (Fsp3) is 0.167. The zero-order valence-corrected chi connectivity index (χ0v) is 19.4. The highest BCUT2D eigenvalue weighted by Crippen LogP contribution is 2.32. The van der Waals surface area contributed by atoms with E-state index in [0.29, 0.717) is 10.8 Å². The van der Waals surface area contributed by atoms with Crippen molar-refractivity contribution >= 4 is 72.6 Å². The average Bonchev–Trinajstić information content (AvgIpc) is 2.61. The molecular formula is C18H16Br2ClN3O3S. The van der Waals surface area contributed by atoms with Crippen LogP contribution in [-0.2, 0) is 16.0 Å². The van der Waals surface area contributed by atoms with Gasteiger partial charge in [-0.3, -0.25) is 20.4 Å². The smallest absolute Gasteiger partial charge is 0.276 e. The molecule has 0 fully saturated rings. The van der Waals surface area contributed by atoms with Crippen molar-refractivity contribution in [2.45, 2.75) is 13.3 Å². The summed E-state index contributed by atoms with van der Waals surface area (Å²) in [5.74, 6) is -0.208. The van der Waals surface area contributed by atoms with Gasteiger partial charge >= 0.3 is 0 Å². The van der Waals surface area contributed by atoms with Gasteiger partial charge in [0, 0.05) is 9.50 Å². The van der Waals surface area contributed by atoms with Gasteiger partial charge in [-0.2, -0.15) is 0 Å². The number of hydrogen-bond donors (Lipinski definition) is 3. The summed E-state index contributed by atoms with van der Waals surface area (Å²) in [5, 5.41) is 3.05. The highest BCUT2D eigenvalue weighted by atomic mass is 79.9. The van der Waals surface area contributed by atoms with Crippen molar-refractivity contribution in [3.63, 3.8) is 0 Å². The molecule has 148 valence electrons. The summed E-state index contributed by atoms with van der Waals surface area (Å²) in [6, 6.07) is 10.6. The second kappa shape index (κ2) is 10.8. The summed E-state index contributed by atoms with van der Waals surface area (Å²) in [5.41, 5.74) is 6.49. The lowest BCUT2D eigenvalue weighted by molar-refractivity contribution is -0.124. The zero-order valence-electron chi connectivity index (χ0n) is 14.6. The van der Waals surface area contributed by atoms with Gasteiger partial charge in [0.2, 0.25) is 5.91 Å². The third kappa shape index (κ3) is 7.38. The molecule has 0 heterocycles. The van der Waals surface area contributed by atoms with E-state index in [1.54, 1.807) is 24.3 Å². The average molecular weight is 550 g/mol. The largest absolute Gasteiger partial charge is 0.482 e. The quantitative estimate of drug-likeness (QED) is 0.391. The van der Waals surface area contributed by atoms with Gasteiger partial charge in [0.25, 0.3) is 5.91 Å². The molecule has 28 heavy (non-hydrogen) atoms. The van der Waals surface area contributed by atoms with Gasteiger partial charge in [-0.1, -0.05) is 39.7 Å². The summed E-state index contributed by atoms with van der Waals surface area (Å²) < 4.78 is 7.15. The number of ether oxygens (including phenoxy) is 1. The first-order valence-corrected chi connectivity index (χ1v) is 10.3. The van der Waals surface area contributed by atoms with E-state index in [1.165, 1.54) is 0 Å². The first-order valence-electron chi connectivity index (χ1n) is 7.96. The summed E-state index contributed by atoms with van der Waals surface area (Å²) >= 11 is 17.6. The molecule has 6 nitrogen and oxygen atoms in total.